The predicted molar refractivity (Wildman–Crippen MR) is 129 cm³/mol. The van der Waals surface area contributed by atoms with Crippen molar-refractivity contribution in [2.45, 2.75) is 31.2 Å². The van der Waals surface area contributed by atoms with Crippen molar-refractivity contribution in [2.75, 3.05) is 14.2 Å². The fraction of sp³-hybridized carbons (Fsp3) is 0.269. The van der Waals surface area contributed by atoms with E-state index in [0.29, 0.717) is 27.5 Å². The number of phenolic OH excluding ortho intramolecular Hbond substituents is 1. The maximum absolute atomic E-state index is 13.7. The molecule has 2 aromatic carbocycles. The molecule has 3 atom stereocenters. The molecule has 8 heteroatoms. The maximum Gasteiger partial charge on any atom is 0.336 e. The van der Waals surface area contributed by atoms with Crippen LogP contribution in [0.5, 0.6) is 5.75 Å². The van der Waals surface area contributed by atoms with E-state index >= 15 is 0 Å². The summed E-state index contributed by atoms with van der Waals surface area (Å²) >= 11 is 1.29. The third-order valence-electron chi connectivity index (χ3n) is 6.36. The summed E-state index contributed by atoms with van der Waals surface area (Å²) in [7, 11) is 2.65. The largest absolute Gasteiger partial charge is 0.507 e. The van der Waals surface area contributed by atoms with Gasteiger partial charge >= 0.3 is 11.9 Å². The van der Waals surface area contributed by atoms with Crippen LogP contribution in [0.15, 0.2) is 71.2 Å². The van der Waals surface area contributed by atoms with Gasteiger partial charge in [0.1, 0.15) is 10.8 Å². The minimum Gasteiger partial charge on any atom is -0.507 e. The molecule has 1 aliphatic rings. The van der Waals surface area contributed by atoms with E-state index in [1.165, 1.54) is 25.6 Å². The summed E-state index contributed by atoms with van der Waals surface area (Å²) in [6.07, 6.45) is 0. The molecule has 0 saturated carbocycles. The van der Waals surface area contributed by atoms with Crippen molar-refractivity contribution in [1.82, 2.24) is 10.3 Å². The average molecular weight is 479 g/mol. The predicted octanol–water partition coefficient (Wildman–Crippen LogP) is 4.15. The molecule has 2 heterocycles. The fourth-order valence-corrected chi connectivity index (χ4v) is 5.93. The number of hydrogen-bond donors (Lipinski definition) is 2. The number of carbonyl (C=O) groups excluding carboxylic acids is 2. The van der Waals surface area contributed by atoms with Crippen molar-refractivity contribution in [3.8, 4) is 17.0 Å². The van der Waals surface area contributed by atoms with E-state index in [1.54, 1.807) is 30.5 Å². The van der Waals surface area contributed by atoms with Crippen LogP contribution in [0.4, 0.5) is 0 Å². The lowest BCUT2D eigenvalue weighted by Crippen LogP contribution is -2.60. The summed E-state index contributed by atoms with van der Waals surface area (Å²) < 4.78 is 10.5. The van der Waals surface area contributed by atoms with Gasteiger partial charge in [0.05, 0.1) is 25.5 Å². The van der Waals surface area contributed by atoms with Gasteiger partial charge in [0, 0.05) is 28.6 Å². The van der Waals surface area contributed by atoms with Crippen LogP contribution in [-0.2, 0) is 24.5 Å². The molecule has 1 aromatic heterocycles. The number of aromatic hydroxyl groups is 1. The summed E-state index contributed by atoms with van der Waals surface area (Å²) in [5, 5.41) is 15.9. The first kappa shape index (κ1) is 23.5. The number of benzene rings is 2. The third kappa shape index (κ3) is 3.64. The van der Waals surface area contributed by atoms with Crippen molar-refractivity contribution in [3.05, 3.63) is 81.8 Å². The number of rotatable bonds is 5. The number of nitrogens with zero attached hydrogens (tertiary/aromatic N) is 1. The number of nitrogens with one attached hydrogen (secondary N) is 1. The Morgan fingerprint density at radius 1 is 1.06 bits per heavy atom. The van der Waals surface area contributed by atoms with Gasteiger partial charge in [-0.1, -0.05) is 42.5 Å². The Kier molecular flexibility index (Phi) is 6.43. The summed E-state index contributed by atoms with van der Waals surface area (Å²) in [6.45, 7) is 3.68. The number of esters is 2. The van der Waals surface area contributed by atoms with E-state index in [1.807, 2.05) is 43.3 Å². The molecule has 1 aliphatic heterocycles. The summed E-state index contributed by atoms with van der Waals surface area (Å²) in [4.78, 5) is 31.6. The second kappa shape index (κ2) is 9.30. The molecule has 3 unspecified atom stereocenters. The Bertz CT molecular complexity index is 1250. The van der Waals surface area contributed by atoms with Gasteiger partial charge in [-0.25, -0.2) is 9.78 Å². The van der Waals surface area contributed by atoms with E-state index in [9.17, 15) is 14.7 Å². The van der Waals surface area contributed by atoms with Crippen molar-refractivity contribution in [1.29, 1.82) is 0 Å². The first-order valence-electron chi connectivity index (χ1n) is 10.8. The molecule has 2 N–H and O–H groups in total. The Labute approximate surface area is 202 Å². The van der Waals surface area contributed by atoms with Gasteiger partial charge in [-0.2, -0.15) is 0 Å². The molecule has 0 aliphatic carbocycles. The Balaban J connectivity index is 2.02. The molecular weight excluding hydrogens is 452 g/mol. The van der Waals surface area contributed by atoms with Gasteiger partial charge < -0.3 is 19.9 Å². The van der Waals surface area contributed by atoms with Crippen LogP contribution >= 0.6 is 11.3 Å². The maximum atomic E-state index is 13.7. The number of para-hydroxylation sites is 1. The van der Waals surface area contributed by atoms with Gasteiger partial charge in [-0.05, 0) is 31.5 Å². The van der Waals surface area contributed by atoms with E-state index in [-0.39, 0.29) is 5.75 Å². The Morgan fingerprint density at radius 3 is 2.38 bits per heavy atom. The van der Waals surface area contributed by atoms with Gasteiger partial charge in [0.2, 0.25) is 0 Å². The number of carbonyl (C=O) groups is 2. The summed E-state index contributed by atoms with van der Waals surface area (Å²) in [6, 6.07) is 15.8. The van der Waals surface area contributed by atoms with Crippen LogP contribution in [0.2, 0.25) is 0 Å². The highest BCUT2D eigenvalue weighted by Gasteiger charge is 2.60. The zero-order valence-electron chi connectivity index (χ0n) is 19.4. The lowest BCUT2D eigenvalue weighted by atomic mass is 9.62. The second-order valence-electron chi connectivity index (χ2n) is 8.16. The van der Waals surface area contributed by atoms with Crippen molar-refractivity contribution in [3.63, 3.8) is 0 Å². The average Bonchev–Trinajstić information content (AvgIpc) is 3.34. The highest BCUT2D eigenvalue weighted by atomic mass is 32.1. The highest BCUT2D eigenvalue weighted by molar-refractivity contribution is 7.10. The summed E-state index contributed by atoms with van der Waals surface area (Å²) in [5.74, 6) is -1.68. The fourth-order valence-electron chi connectivity index (χ4n) is 4.80. The van der Waals surface area contributed by atoms with Crippen molar-refractivity contribution < 1.29 is 24.2 Å². The topological polar surface area (TPSA) is 97.8 Å². The SMILES string of the molecule is COC(=O)C1=C(C)NC(C)C(C(=O)OC)(c2nc(-c3ccccc3O)cs2)C1c1ccccc1. The van der Waals surface area contributed by atoms with E-state index in [2.05, 4.69) is 5.32 Å². The first-order chi connectivity index (χ1) is 16.4. The standard InChI is InChI=1S/C26H26N2O5S/c1-15-21(23(30)32-3)22(17-10-6-5-7-11-17)26(16(2)27-15,25(31)33-4)24-28-19(14-34-24)18-12-8-9-13-20(18)29/h5-14,16,22,27,29H,1-4H3. The van der Waals surface area contributed by atoms with Crippen LogP contribution in [0.25, 0.3) is 11.3 Å². The molecule has 34 heavy (non-hydrogen) atoms. The monoisotopic (exact) mass is 478 g/mol. The summed E-state index contributed by atoms with van der Waals surface area (Å²) in [5.41, 5.74) is 1.46. The zero-order valence-corrected chi connectivity index (χ0v) is 20.2. The minimum absolute atomic E-state index is 0.0897. The molecular formula is C26H26N2O5S. The van der Waals surface area contributed by atoms with E-state index in [4.69, 9.17) is 14.5 Å². The van der Waals surface area contributed by atoms with Crippen LogP contribution in [-0.4, -0.2) is 42.3 Å². The molecule has 0 spiro atoms. The third-order valence-corrected chi connectivity index (χ3v) is 7.36. The van der Waals surface area contributed by atoms with E-state index < -0.39 is 29.3 Å². The van der Waals surface area contributed by atoms with Crippen LogP contribution in [0, 0.1) is 0 Å². The molecule has 0 amide bonds. The lowest BCUT2D eigenvalue weighted by Gasteiger charge is -2.46. The molecule has 3 aromatic rings. The second-order valence-corrected chi connectivity index (χ2v) is 9.01. The molecule has 0 radical (unpaired) electrons. The zero-order chi connectivity index (χ0) is 24.5. The molecule has 0 fully saturated rings. The van der Waals surface area contributed by atoms with Crippen LogP contribution < -0.4 is 5.32 Å². The number of methoxy groups -OCH3 is 2. The van der Waals surface area contributed by atoms with Crippen LogP contribution in [0.3, 0.4) is 0 Å². The highest BCUT2D eigenvalue weighted by Crippen LogP contribution is 2.52. The number of aromatic nitrogens is 1. The number of allylic oxidation sites excluding steroid dienone is 1. The normalized spacial score (nSPS) is 22.1. The Hall–Kier alpha value is -3.65. The molecule has 4 rings (SSSR count). The number of hydrogen-bond acceptors (Lipinski definition) is 8. The lowest BCUT2D eigenvalue weighted by molar-refractivity contribution is -0.150. The van der Waals surface area contributed by atoms with Gasteiger partial charge in [0.15, 0.2) is 5.41 Å². The van der Waals surface area contributed by atoms with Gasteiger partial charge in [0.25, 0.3) is 0 Å². The smallest absolute Gasteiger partial charge is 0.336 e. The number of ether oxygens (including phenoxy) is 2. The van der Waals surface area contributed by atoms with Gasteiger partial charge in [-0.3, -0.25) is 4.79 Å². The van der Waals surface area contributed by atoms with Crippen molar-refractivity contribution in [2.24, 2.45) is 0 Å². The molecule has 0 bridgehead atoms. The first-order valence-corrected chi connectivity index (χ1v) is 11.7. The van der Waals surface area contributed by atoms with Crippen molar-refractivity contribution >= 4 is 23.3 Å². The number of phenols is 1. The quantitative estimate of drug-likeness (QED) is 0.532. The minimum atomic E-state index is -1.37. The molecule has 0 saturated heterocycles. The van der Waals surface area contributed by atoms with E-state index in [0.717, 1.165) is 5.56 Å². The Morgan fingerprint density at radius 2 is 1.74 bits per heavy atom. The van der Waals surface area contributed by atoms with Crippen LogP contribution in [0.1, 0.15) is 30.3 Å². The molecule has 7 nitrogen and oxygen atoms in total. The van der Waals surface area contributed by atoms with Gasteiger partial charge in [-0.15, -0.1) is 11.3 Å². The molecule has 176 valence electrons. The number of thiazole rings is 1.